The Balaban J connectivity index is 1.53. The molecule has 0 bridgehead atoms. The molecule has 2 aromatic rings. The molecule has 1 aromatic heterocycles. The van der Waals surface area contributed by atoms with Crippen LogP contribution in [0.3, 0.4) is 0 Å². The van der Waals surface area contributed by atoms with E-state index in [9.17, 15) is 22.8 Å². The molecule has 1 aliphatic heterocycles. The first-order valence-corrected chi connectivity index (χ1v) is 11.6. The smallest absolute Gasteiger partial charge is 0.416 e. The number of hydrogen-bond donors (Lipinski definition) is 0. The minimum absolute atomic E-state index is 0.00111. The second kappa shape index (κ2) is 11.6. The summed E-state index contributed by atoms with van der Waals surface area (Å²) in [6, 6.07) is 5.96. The van der Waals surface area contributed by atoms with Crippen LogP contribution in [0.2, 0.25) is 0 Å². The summed E-state index contributed by atoms with van der Waals surface area (Å²) < 4.78 is 49.0. The zero-order valence-corrected chi connectivity index (χ0v) is 19.6. The van der Waals surface area contributed by atoms with Crippen molar-refractivity contribution in [2.45, 2.75) is 52.4 Å². The summed E-state index contributed by atoms with van der Waals surface area (Å²) in [6.07, 6.45) is -0.441. The van der Waals surface area contributed by atoms with Crippen LogP contribution in [0.1, 0.15) is 50.0 Å². The van der Waals surface area contributed by atoms with Crippen LogP contribution in [0.25, 0.3) is 0 Å². The molecule has 6 nitrogen and oxygen atoms in total. The van der Waals surface area contributed by atoms with Crippen molar-refractivity contribution in [2.24, 2.45) is 5.92 Å². The molecular formula is C25H31F3N2O4. The van der Waals surface area contributed by atoms with E-state index in [0.717, 1.165) is 44.5 Å². The molecule has 1 atom stereocenters. The van der Waals surface area contributed by atoms with Gasteiger partial charge in [-0.05, 0) is 30.5 Å². The summed E-state index contributed by atoms with van der Waals surface area (Å²) in [4.78, 5) is 29.1. The Kier molecular flexibility index (Phi) is 8.77. The maximum Gasteiger partial charge on any atom is 0.416 e. The Hall–Kier alpha value is -2.81. The van der Waals surface area contributed by atoms with Crippen molar-refractivity contribution in [3.8, 4) is 5.75 Å². The molecule has 34 heavy (non-hydrogen) atoms. The van der Waals surface area contributed by atoms with Gasteiger partial charge < -0.3 is 14.1 Å². The van der Waals surface area contributed by atoms with Gasteiger partial charge in [0.1, 0.15) is 18.6 Å². The minimum Gasteiger partial charge on any atom is -0.482 e. The second-order valence-electron chi connectivity index (χ2n) is 8.70. The summed E-state index contributed by atoms with van der Waals surface area (Å²) >= 11 is 0. The molecule has 0 saturated carbocycles. The monoisotopic (exact) mass is 480 g/mol. The van der Waals surface area contributed by atoms with Crippen LogP contribution in [-0.4, -0.2) is 41.9 Å². The number of carbonyl (C=O) groups is 1. The van der Waals surface area contributed by atoms with Crippen LogP contribution in [0.4, 0.5) is 13.2 Å². The third-order valence-corrected chi connectivity index (χ3v) is 5.95. The Morgan fingerprint density at radius 3 is 2.53 bits per heavy atom. The molecule has 3 rings (SSSR count). The third kappa shape index (κ3) is 7.09. The van der Waals surface area contributed by atoms with Crippen LogP contribution in [0, 0.1) is 5.92 Å². The number of carbonyl (C=O) groups excluding carboxylic acids is 1. The molecule has 9 heteroatoms. The summed E-state index contributed by atoms with van der Waals surface area (Å²) in [7, 11) is 0. The quantitative estimate of drug-likeness (QED) is 0.548. The number of hydrogen-bond acceptors (Lipinski definition) is 5. The maximum absolute atomic E-state index is 12.7. The van der Waals surface area contributed by atoms with Crippen molar-refractivity contribution in [3.05, 3.63) is 63.7 Å². The first kappa shape index (κ1) is 25.8. The minimum atomic E-state index is -4.40. The predicted molar refractivity (Wildman–Crippen MR) is 121 cm³/mol. The largest absolute Gasteiger partial charge is 0.482 e. The topological polar surface area (TPSA) is 63.0 Å². The molecule has 186 valence electrons. The van der Waals surface area contributed by atoms with Gasteiger partial charge in [0.2, 0.25) is 17.1 Å². The third-order valence-electron chi connectivity index (χ3n) is 5.95. The lowest BCUT2D eigenvalue weighted by Gasteiger charge is -2.24. The van der Waals surface area contributed by atoms with E-state index in [1.807, 2.05) is 11.8 Å². The van der Waals surface area contributed by atoms with Crippen molar-refractivity contribution in [1.29, 1.82) is 0 Å². The number of amides is 1. The summed E-state index contributed by atoms with van der Waals surface area (Å²) in [5.41, 5.74) is -0.585. The van der Waals surface area contributed by atoms with Crippen LogP contribution >= 0.6 is 0 Å². The van der Waals surface area contributed by atoms with E-state index < -0.39 is 11.7 Å². The summed E-state index contributed by atoms with van der Waals surface area (Å²) in [6.45, 7) is 7.31. The van der Waals surface area contributed by atoms with Gasteiger partial charge in [-0.25, -0.2) is 0 Å². The highest BCUT2D eigenvalue weighted by Gasteiger charge is 2.30. The van der Waals surface area contributed by atoms with E-state index in [2.05, 4.69) is 11.8 Å². The number of alkyl halides is 3. The number of halogens is 3. The summed E-state index contributed by atoms with van der Waals surface area (Å²) in [5.74, 6) is 0.724. The lowest BCUT2D eigenvalue weighted by Crippen LogP contribution is -2.38. The SMILES string of the molecule is CCCC(C)C(=O)N1CCCN(Cc2cc(=O)c(OCc3ccc(C(F)(F)F)cc3)co2)CC1. The number of nitrogens with zero attached hydrogens (tertiary/aromatic N) is 2. The van der Waals surface area contributed by atoms with Crippen molar-refractivity contribution >= 4 is 5.91 Å². The van der Waals surface area contributed by atoms with E-state index in [1.165, 1.54) is 24.5 Å². The molecule has 0 aliphatic carbocycles. The molecule has 1 amide bonds. The van der Waals surface area contributed by atoms with Gasteiger partial charge in [-0.2, -0.15) is 13.2 Å². The zero-order valence-electron chi connectivity index (χ0n) is 19.6. The predicted octanol–water partition coefficient (Wildman–Crippen LogP) is 4.71. The average molecular weight is 481 g/mol. The fraction of sp³-hybridized carbons (Fsp3) is 0.520. The highest BCUT2D eigenvalue weighted by atomic mass is 19.4. The van der Waals surface area contributed by atoms with E-state index in [1.54, 1.807) is 0 Å². The molecular weight excluding hydrogens is 449 g/mol. The van der Waals surface area contributed by atoms with Crippen LogP contribution in [0.5, 0.6) is 5.75 Å². The Morgan fingerprint density at radius 2 is 1.88 bits per heavy atom. The Morgan fingerprint density at radius 1 is 1.15 bits per heavy atom. The van der Waals surface area contributed by atoms with E-state index in [0.29, 0.717) is 31.0 Å². The first-order valence-electron chi connectivity index (χ1n) is 11.6. The highest BCUT2D eigenvalue weighted by Crippen LogP contribution is 2.29. The molecule has 1 saturated heterocycles. The molecule has 1 aliphatic rings. The average Bonchev–Trinajstić information content (AvgIpc) is 3.03. The van der Waals surface area contributed by atoms with Gasteiger partial charge in [-0.15, -0.1) is 0 Å². The van der Waals surface area contributed by atoms with Crippen molar-refractivity contribution < 1.29 is 27.1 Å². The van der Waals surface area contributed by atoms with Gasteiger partial charge >= 0.3 is 6.18 Å². The van der Waals surface area contributed by atoms with Gasteiger partial charge in [0.25, 0.3) is 0 Å². The zero-order chi connectivity index (χ0) is 24.7. The van der Waals surface area contributed by atoms with Gasteiger partial charge in [0.15, 0.2) is 0 Å². The Labute approximate surface area is 197 Å². The standard InChI is InChI=1S/C25H31F3N2O4/c1-3-5-18(2)24(32)30-11-4-10-29(12-13-30)15-21-14-22(31)23(17-33-21)34-16-19-6-8-20(9-7-19)25(26,27)28/h6-9,14,17-18H,3-5,10-13,15-16H2,1-2H3. The second-order valence-corrected chi connectivity index (χ2v) is 8.70. The fourth-order valence-electron chi connectivity index (χ4n) is 4.02. The number of rotatable bonds is 8. The van der Waals surface area contributed by atoms with Crippen LogP contribution in [0.15, 0.2) is 45.8 Å². The fourth-order valence-corrected chi connectivity index (χ4v) is 4.02. The van der Waals surface area contributed by atoms with Crippen molar-refractivity contribution in [2.75, 3.05) is 26.2 Å². The van der Waals surface area contributed by atoms with Crippen molar-refractivity contribution in [1.82, 2.24) is 9.80 Å². The lowest BCUT2D eigenvalue weighted by molar-refractivity contribution is -0.137. The van der Waals surface area contributed by atoms with Crippen LogP contribution < -0.4 is 10.2 Å². The van der Waals surface area contributed by atoms with E-state index in [4.69, 9.17) is 9.15 Å². The number of ether oxygens (including phenoxy) is 1. The van der Waals surface area contributed by atoms with E-state index >= 15 is 0 Å². The first-order chi connectivity index (χ1) is 16.2. The Bertz CT molecular complexity index is 1000. The molecule has 0 spiro atoms. The van der Waals surface area contributed by atoms with Gasteiger partial charge in [0.05, 0.1) is 12.1 Å². The number of benzene rings is 1. The van der Waals surface area contributed by atoms with Gasteiger partial charge in [0, 0.05) is 38.2 Å². The summed E-state index contributed by atoms with van der Waals surface area (Å²) in [5, 5.41) is 0. The van der Waals surface area contributed by atoms with E-state index in [-0.39, 0.29) is 29.6 Å². The maximum atomic E-state index is 12.7. The van der Waals surface area contributed by atoms with Gasteiger partial charge in [-0.3, -0.25) is 14.5 Å². The molecule has 1 fully saturated rings. The van der Waals surface area contributed by atoms with Gasteiger partial charge in [-0.1, -0.05) is 32.4 Å². The highest BCUT2D eigenvalue weighted by molar-refractivity contribution is 5.78. The van der Waals surface area contributed by atoms with Crippen molar-refractivity contribution in [3.63, 3.8) is 0 Å². The lowest BCUT2D eigenvalue weighted by atomic mass is 10.0. The molecule has 2 heterocycles. The molecule has 0 radical (unpaired) electrons. The molecule has 1 unspecified atom stereocenters. The molecule has 0 N–H and O–H groups in total. The normalized spacial score (nSPS) is 16.2. The molecule has 1 aromatic carbocycles. The van der Waals surface area contributed by atoms with Crippen LogP contribution in [-0.2, 0) is 24.1 Å².